The van der Waals surface area contributed by atoms with Crippen molar-refractivity contribution < 1.29 is 5.11 Å². The van der Waals surface area contributed by atoms with Gasteiger partial charge in [-0.05, 0) is 19.5 Å². The van der Waals surface area contributed by atoms with E-state index in [1.807, 2.05) is 0 Å². The summed E-state index contributed by atoms with van der Waals surface area (Å²) in [5.41, 5.74) is 2.59. The molecule has 0 spiro atoms. The van der Waals surface area contributed by atoms with Crippen LogP contribution < -0.4 is 5.32 Å². The van der Waals surface area contributed by atoms with Crippen LogP contribution in [0.3, 0.4) is 0 Å². The van der Waals surface area contributed by atoms with Crippen molar-refractivity contribution in [2.45, 2.75) is 25.6 Å². The summed E-state index contributed by atoms with van der Waals surface area (Å²) in [6, 6.07) is 8.77. The third-order valence-electron chi connectivity index (χ3n) is 3.23. The number of aryl methyl sites for hydroxylation is 1. The molecular weight excluding hydrogens is 200 g/mol. The smallest absolute Gasteiger partial charge is 0.0831 e. The van der Waals surface area contributed by atoms with Crippen LogP contribution in [0.4, 0.5) is 0 Å². The van der Waals surface area contributed by atoms with Crippen LogP contribution in [0, 0.1) is 6.92 Å². The molecule has 1 fully saturated rings. The van der Waals surface area contributed by atoms with Gasteiger partial charge in [-0.3, -0.25) is 4.90 Å². The molecule has 0 radical (unpaired) electrons. The lowest BCUT2D eigenvalue weighted by atomic mass is 10.1. The van der Waals surface area contributed by atoms with Crippen molar-refractivity contribution in [2.24, 2.45) is 0 Å². The second kappa shape index (κ2) is 4.95. The maximum absolute atomic E-state index is 9.79. The number of hydrogen-bond donors (Lipinski definition) is 2. The van der Waals surface area contributed by atoms with E-state index in [-0.39, 0.29) is 12.1 Å². The van der Waals surface area contributed by atoms with E-state index in [0.717, 1.165) is 13.1 Å². The first-order chi connectivity index (χ1) is 7.66. The maximum atomic E-state index is 9.79. The Kier molecular flexibility index (Phi) is 3.59. The average molecular weight is 220 g/mol. The van der Waals surface area contributed by atoms with E-state index >= 15 is 0 Å². The number of nitrogens with one attached hydrogen (secondary N) is 1. The monoisotopic (exact) mass is 220 g/mol. The van der Waals surface area contributed by atoms with Crippen LogP contribution >= 0.6 is 0 Å². The molecule has 1 heterocycles. The van der Waals surface area contributed by atoms with Gasteiger partial charge in [0.05, 0.1) is 6.10 Å². The fraction of sp³-hybridized carbons (Fsp3) is 0.538. The summed E-state index contributed by atoms with van der Waals surface area (Å²) in [4.78, 5) is 2.22. The zero-order valence-corrected chi connectivity index (χ0v) is 9.98. The zero-order chi connectivity index (χ0) is 11.5. The largest absolute Gasteiger partial charge is 0.390 e. The number of hydrogen-bond acceptors (Lipinski definition) is 3. The Balaban J connectivity index is 1.99. The molecule has 0 saturated carbocycles. The molecule has 3 heteroatoms. The Morgan fingerprint density at radius 3 is 2.88 bits per heavy atom. The molecule has 0 aliphatic carbocycles. The molecule has 16 heavy (non-hydrogen) atoms. The summed E-state index contributed by atoms with van der Waals surface area (Å²) in [6.45, 7) is 4.59. The van der Waals surface area contributed by atoms with Crippen molar-refractivity contribution in [3.05, 3.63) is 35.4 Å². The van der Waals surface area contributed by atoms with Gasteiger partial charge in [-0.15, -0.1) is 0 Å². The Morgan fingerprint density at radius 1 is 1.44 bits per heavy atom. The normalized spacial score (nSPS) is 25.2. The first-order valence-corrected chi connectivity index (χ1v) is 5.81. The minimum Gasteiger partial charge on any atom is -0.390 e. The molecule has 88 valence electrons. The van der Waals surface area contributed by atoms with E-state index in [4.69, 9.17) is 0 Å². The summed E-state index contributed by atoms with van der Waals surface area (Å²) in [5, 5.41) is 13.0. The SMILES string of the molecule is Cc1cccc(CN(C)C2CNCC2O)c1. The number of aliphatic hydroxyl groups is 1. The molecule has 1 saturated heterocycles. The summed E-state index contributed by atoms with van der Waals surface area (Å²) in [5.74, 6) is 0. The van der Waals surface area contributed by atoms with E-state index in [2.05, 4.69) is 48.5 Å². The highest BCUT2D eigenvalue weighted by molar-refractivity contribution is 5.22. The fourth-order valence-electron chi connectivity index (χ4n) is 2.32. The highest BCUT2D eigenvalue weighted by Gasteiger charge is 2.28. The molecule has 1 aliphatic heterocycles. The van der Waals surface area contributed by atoms with Gasteiger partial charge in [0.25, 0.3) is 0 Å². The summed E-state index contributed by atoms with van der Waals surface area (Å²) >= 11 is 0. The number of nitrogens with zero attached hydrogens (tertiary/aromatic N) is 1. The number of rotatable bonds is 3. The second-order valence-corrected chi connectivity index (χ2v) is 4.70. The van der Waals surface area contributed by atoms with Gasteiger partial charge in [0.15, 0.2) is 0 Å². The van der Waals surface area contributed by atoms with Crippen molar-refractivity contribution in [3.63, 3.8) is 0 Å². The van der Waals surface area contributed by atoms with Crippen LogP contribution in [0.1, 0.15) is 11.1 Å². The summed E-state index contributed by atoms with van der Waals surface area (Å²) in [7, 11) is 2.07. The number of aliphatic hydroxyl groups excluding tert-OH is 1. The van der Waals surface area contributed by atoms with Crippen LogP contribution in [-0.4, -0.2) is 42.3 Å². The molecule has 0 aromatic heterocycles. The molecule has 3 nitrogen and oxygen atoms in total. The first kappa shape index (κ1) is 11.6. The van der Waals surface area contributed by atoms with E-state index in [1.54, 1.807) is 0 Å². The zero-order valence-electron chi connectivity index (χ0n) is 9.98. The quantitative estimate of drug-likeness (QED) is 0.789. The minimum absolute atomic E-state index is 0.237. The average Bonchev–Trinajstić information content (AvgIpc) is 2.64. The molecule has 2 atom stereocenters. The standard InChI is InChI=1S/C13H20N2O/c1-10-4-3-5-11(6-10)9-15(2)12-7-14-8-13(12)16/h3-6,12-14,16H,7-9H2,1-2H3. The lowest BCUT2D eigenvalue weighted by Gasteiger charge is -2.26. The molecule has 2 rings (SSSR count). The minimum atomic E-state index is -0.241. The van der Waals surface area contributed by atoms with Crippen molar-refractivity contribution in [3.8, 4) is 0 Å². The maximum Gasteiger partial charge on any atom is 0.0831 e. The highest BCUT2D eigenvalue weighted by Crippen LogP contribution is 2.12. The van der Waals surface area contributed by atoms with Crippen LogP contribution in [0.2, 0.25) is 0 Å². The fourth-order valence-corrected chi connectivity index (χ4v) is 2.32. The predicted octanol–water partition coefficient (Wildman–Crippen LogP) is 0.760. The van der Waals surface area contributed by atoms with Gasteiger partial charge in [-0.2, -0.15) is 0 Å². The summed E-state index contributed by atoms with van der Waals surface area (Å²) in [6.07, 6.45) is -0.241. The first-order valence-electron chi connectivity index (χ1n) is 5.81. The molecule has 0 amide bonds. The van der Waals surface area contributed by atoms with Gasteiger partial charge < -0.3 is 10.4 Å². The van der Waals surface area contributed by atoms with Crippen molar-refractivity contribution in [1.82, 2.24) is 10.2 Å². The van der Waals surface area contributed by atoms with Gasteiger partial charge in [0.2, 0.25) is 0 Å². The topological polar surface area (TPSA) is 35.5 Å². The molecular formula is C13H20N2O. The summed E-state index contributed by atoms with van der Waals surface area (Å²) < 4.78 is 0. The third-order valence-corrected chi connectivity index (χ3v) is 3.23. The third kappa shape index (κ3) is 2.61. The molecule has 0 bridgehead atoms. The van der Waals surface area contributed by atoms with Crippen LogP contribution in [0.25, 0.3) is 0 Å². The Hall–Kier alpha value is -0.900. The molecule has 1 aliphatic rings. The molecule has 2 unspecified atom stereocenters. The van der Waals surface area contributed by atoms with E-state index in [1.165, 1.54) is 11.1 Å². The van der Waals surface area contributed by atoms with Gasteiger partial charge >= 0.3 is 0 Å². The number of benzene rings is 1. The van der Waals surface area contributed by atoms with Crippen molar-refractivity contribution >= 4 is 0 Å². The lowest BCUT2D eigenvalue weighted by Crippen LogP contribution is -2.40. The van der Waals surface area contributed by atoms with E-state index in [0.29, 0.717) is 6.54 Å². The van der Waals surface area contributed by atoms with E-state index in [9.17, 15) is 5.11 Å². The molecule has 2 N–H and O–H groups in total. The van der Waals surface area contributed by atoms with Gasteiger partial charge in [0, 0.05) is 25.7 Å². The second-order valence-electron chi connectivity index (χ2n) is 4.70. The van der Waals surface area contributed by atoms with Crippen molar-refractivity contribution in [1.29, 1.82) is 0 Å². The highest BCUT2D eigenvalue weighted by atomic mass is 16.3. The van der Waals surface area contributed by atoms with Gasteiger partial charge in [-0.1, -0.05) is 29.8 Å². The van der Waals surface area contributed by atoms with E-state index < -0.39 is 0 Å². The van der Waals surface area contributed by atoms with Crippen LogP contribution in [-0.2, 0) is 6.54 Å². The van der Waals surface area contributed by atoms with Crippen molar-refractivity contribution in [2.75, 3.05) is 20.1 Å². The number of likely N-dealkylation sites (N-methyl/N-ethyl adjacent to an activating group) is 1. The van der Waals surface area contributed by atoms with Gasteiger partial charge in [0.1, 0.15) is 0 Å². The van der Waals surface area contributed by atoms with Gasteiger partial charge in [-0.25, -0.2) is 0 Å². The van der Waals surface area contributed by atoms with Crippen LogP contribution in [0.15, 0.2) is 24.3 Å². The predicted molar refractivity (Wildman–Crippen MR) is 65.3 cm³/mol. The molecule has 1 aromatic rings. The number of β-amino-alcohol motifs (C(OH)–C–C–N with tert-alkyl or cyclic N) is 1. The lowest BCUT2D eigenvalue weighted by molar-refractivity contribution is 0.0955. The Labute approximate surface area is 97.1 Å². The molecule has 1 aromatic carbocycles. The Bertz CT molecular complexity index is 354. The van der Waals surface area contributed by atoms with Crippen LogP contribution in [0.5, 0.6) is 0 Å². The Morgan fingerprint density at radius 2 is 2.25 bits per heavy atom.